The fraction of sp³-hybridized carbons (Fsp3) is 0.750. The van der Waals surface area contributed by atoms with Gasteiger partial charge in [-0.1, -0.05) is 279 Å². The highest BCUT2D eigenvalue weighted by Gasteiger charge is 2.20. The molecule has 0 aromatic heterocycles. The van der Waals surface area contributed by atoms with Crippen molar-refractivity contribution >= 4 is 5.91 Å². The van der Waals surface area contributed by atoms with Crippen molar-refractivity contribution in [3.63, 3.8) is 0 Å². The number of hydrogen-bond donors (Lipinski definition) is 3. The van der Waals surface area contributed by atoms with Gasteiger partial charge >= 0.3 is 0 Å². The molecule has 0 rings (SSSR count). The number of carbonyl (C=O) groups excluding carboxylic acids is 1. The van der Waals surface area contributed by atoms with Gasteiger partial charge in [-0.15, -0.1) is 0 Å². The van der Waals surface area contributed by atoms with Crippen LogP contribution in [0.3, 0.4) is 0 Å². The first-order valence-corrected chi connectivity index (χ1v) is 27.8. The van der Waals surface area contributed by atoms with Crippen molar-refractivity contribution in [2.75, 3.05) is 6.61 Å². The molecule has 3 N–H and O–H groups in total. The summed E-state index contributed by atoms with van der Waals surface area (Å²) >= 11 is 0. The van der Waals surface area contributed by atoms with Gasteiger partial charge in [0.2, 0.25) is 5.91 Å². The molecule has 0 saturated carbocycles. The largest absolute Gasteiger partial charge is 0.394 e. The van der Waals surface area contributed by atoms with Crippen LogP contribution in [0.25, 0.3) is 0 Å². The van der Waals surface area contributed by atoms with E-state index >= 15 is 0 Å². The first kappa shape index (κ1) is 61.6. The van der Waals surface area contributed by atoms with E-state index in [4.69, 9.17) is 0 Å². The van der Waals surface area contributed by atoms with Crippen LogP contribution in [0.5, 0.6) is 0 Å². The Morgan fingerprint density at radius 3 is 1.03 bits per heavy atom. The molecule has 0 aromatic rings. The lowest BCUT2D eigenvalue weighted by molar-refractivity contribution is -0.123. The Kier molecular flexibility index (Phi) is 52.8. The summed E-state index contributed by atoms with van der Waals surface area (Å²) in [6.07, 6.45) is 80.1. The maximum absolute atomic E-state index is 12.4. The van der Waals surface area contributed by atoms with Crippen molar-refractivity contribution in [2.24, 2.45) is 0 Å². The predicted octanol–water partition coefficient (Wildman–Crippen LogP) is 18.4. The third-order valence-corrected chi connectivity index (χ3v) is 12.4. The van der Waals surface area contributed by atoms with E-state index in [9.17, 15) is 15.0 Å². The van der Waals surface area contributed by atoms with Crippen LogP contribution in [0.2, 0.25) is 0 Å². The molecule has 1 amide bonds. The summed E-state index contributed by atoms with van der Waals surface area (Å²) in [4.78, 5) is 12.4. The zero-order valence-corrected chi connectivity index (χ0v) is 42.5. The van der Waals surface area contributed by atoms with Crippen molar-refractivity contribution in [3.05, 3.63) is 85.1 Å². The highest BCUT2D eigenvalue weighted by molar-refractivity contribution is 5.76. The molecule has 0 aliphatic rings. The minimum Gasteiger partial charge on any atom is -0.394 e. The molecular weight excluding hydrogens is 783 g/mol. The van der Waals surface area contributed by atoms with Gasteiger partial charge in [-0.2, -0.15) is 0 Å². The van der Waals surface area contributed by atoms with Crippen LogP contribution in [-0.4, -0.2) is 34.9 Å². The van der Waals surface area contributed by atoms with Crippen molar-refractivity contribution in [1.29, 1.82) is 0 Å². The Labute approximate surface area is 399 Å². The predicted molar refractivity (Wildman–Crippen MR) is 285 cm³/mol. The van der Waals surface area contributed by atoms with Crippen LogP contribution >= 0.6 is 0 Å². The quantitative estimate of drug-likeness (QED) is 0.0421. The minimum atomic E-state index is -0.659. The van der Waals surface area contributed by atoms with Crippen LogP contribution in [0.1, 0.15) is 271 Å². The molecule has 0 aromatic carbocycles. The normalized spacial score (nSPS) is 13.5. The van der Waals surface area contributed by atoms with E-state index in [1.54, 1.807) is 0 Å². The number of aliphatic hydroxyl groups is 2. The topological polar surface area (TPSA) is 69.6 Å². The van der Waals surface area contributed by atoms with E-state index in [0.29, 0.717) is 12.8 Å². The Morgan fingerprint density at radius 1 is 0.391 bits per heavy atom. The lowest BCUT2D eigenvalue weighted by Crippen LogP contribution is -2.45. The summed E-state index contributed by atoms with van der Waals surface area (Å²) in [7, 11) is 0. The fourth-order valence-electron chi connectivity index (χ4n) is 8.22. The van der Waals surface area contributed by atoms with E-state index in [-0.39, 0.29) is 12.5 Å². The average molecular weight is 891 g/mol. The van der Waals surface area contributed by atoms with Crippen LogP contribution in [0.15, 0.2) is 85.1 Å². The molecular formula is C60H107NO3. The zero-order chi connectivity index (χ0) is 46.3. The summed E-state index contributed by atoms with van der Waals surface area (Å²) < 4.78 is 0. The van der Waals surface area contributed by atoms with Crippen molar-refractivity contribution in [2.45, 2.75) is 283 Å². The van der Waals surface area contributed by atoms with Gasteiger partial charge in [0.25, 0.3) is 0 Å². The first-order chi connectivity index (χ1) is 31.7. The van der Waals surface area contributed by atoms with Gasteiger partial charge in [0, 0.05) is 6.42 Å². The number of rotatable bonds is 50. The number of hydrogen-bond acceptors (Lipinski definition) is 3. The Morgan fingerprint density at radius 2 is 0.688 bits per heavy atom. The highest BCUT2D eigenvalue weighted by atomic mass is 16.3. The molecule has 0 aliphatic carbocycles. The second-order valence-corrected chi connectivity index (χ2v) is 18.6. The minimum absolute atomic E-state index is 0.0316. The van der Waals surface area contributed by atoms with Crippen molar-refractivity contribution in [3.8, 4) is 0 Å². The summed E-state index contributed by atoms with van der Waals surface area (Å²) in [5.41, 5.74) is 0. The second kappa shape index (κ2) is 54.9. The maximum atomic E-state index is 12.4. The third kappa shape index (κ3) is 50.6. The van der Waals surface area contributed by atoms with Gasteiger partial charge in [-0.3, -0.25) is 4.79 Å². The van der Waals surface area contributed by atoms with Crippen molar-refractivity contribution in [1.82, 2.24) is 5.32 Å². The van der Waals surface area contributed by atoms with E-state index in [2.05, 4.69) is 104 Å². The molecule has 4 heteroatoms. The number of nitrogens with one attached hydrogen (secondary N) is 1. The van der Waals surface area contributed by atoms with E-state index in [1.807, 2.05) is 0 Å². The number of amides is 1. The van der Waals surface area contributed by atoms with Gasteiger partial charge in [-0.05, 0) is 70.6 Å². The molecule has 0 radical (unpaired) electrons. The van der Waals surface area contributed by atoms with E-state index in [0.717, 1.165) is 70.6 Å². The first-order valence-electron chi connectivity index (χ1n) is 27.8. The van der Waals surface area contributed by atoms with Gasteiger partial charge in [0.15, 0.2) is 0 Å². The maximum Gasteiger partial charge on any atom is 0.220 e. The summed E-state index contributed by atoms with van der Waals surface area (Å²) in [5.74, 6) is -0.0316. The lowest BCUT2D eigenvalue weighted by atomic mass is 10.0. The number of aliphatic hydroxyl groups excluding tert-OH is 2. The summed E-state index contributed by atoms with van der Waals surface area (Å²) in [5, 5.41) is 23.2. The molecule has 4 nitrogen and oxygen atoms in total. The molecule has 0 fully saturated rings. The van der Waals surface area contributed by atoms with Gasteiger partial charge in [-0.25, -0.2) is 0 Å². The highest BCUT2D eigenvalue weighted by Crippen LogP contribution is 2.17. The monoisotopic (exact) mass is 890 g/mol. The number of allylic oxidation sites excluding steroid dienone is 14. The molecule has 0 saturated heterocycles. The number of unbranched alkanes of at least 4 members (excludes halogenated alkanes) is 29. The van der Waals surface area contributed by atoms with Crippen molar-refractivity contribution < 1.29 is 15.0 Å². The summed E-state index contributed by atoms with van der Waals surface area (Å²) in [6.45, 7) is 4.24. The second-order valence-electron chi connectivity index (χ2n) is 18.6. The SMILES string of the molecule is CC/C=C\C/C=C\C/C=C\C/C=C\C/C=C\C/C=C\C/C=C\CCCCCCCCCCCCCCCCCCCCCC(=O)NC(CO)C(O)CCCCCCCCCCCCC. The van der Waals surface area contributed by atoms with E-state index in [1.165, 1.54) is 173 Å². The zero-order valence-electron chi connectivity index (χ0n) is 42.5. The Bertz CT molecular complexity index is 1150. The molecule has 2 unspecified atom stereocenters. The number of carbonyl (C=O) groups is 1. The van der Waals surface area contributed by atoms with E-state index < -0.39 is 12.1 Å². The Hall–Kier alpha value is -2.43. The van der Waals surface area contributed by atoms with Gasteiger partial charge in [0.1, 0.15) is 0 Å². The van der Waals surface area contributed by atoms with Crippen LogP contribution in [-0.2, 0) is 4.79 Å². The lowest BCUT2D eigenvalue weighted by Gasteiger charge is -2.22. The standard InChI is InChI=1S/C60H107NO3/c1-3-5-7-9-11-13-15-16-17-18-19-20-21-22-23-24-25-26-27-28-29-30-31-32-33-34-35-36-37-38-39-40-41-42-43-44-46-48-50-52-54-56-60(64)61-58(57-62)59(63)55-53-51-49-47-45-14-12-10-8-6-4-2/h5,7,11,13,16-17,19-20,22-23,25-26,28-29,58-59,62-63H,3-4,6,8-10,12,14-15,18,21,24,27,30-57H2,1-2H3,(H,61,64)/b7-5-,13-11-,17-16-,20-19-,23-22-,26-25-,29-28-. The fourth-order valence-corrected chi connectivity index (χ4v) is 8.22. The molecule has 0 spiro atoms. The van der Waals surface area contributed by atoms with Gasteiger partial charge in [0.05, 0.1) is 18.8 Å². The van der Waals surface area contributed by atoms with Crippen LogP contribution < -0.4 is 5.32 Å². The molecule has 0 aliphatic heterocycles. The molecule has 2 atom stereocenters. The van der Waals surface area contributed by atoms with Crippen LogP contribution in [0, 0.1) is 0 Å². The molecule has 0 heterocycles. The summed E-state index contributed by atoms with van der Waals surface area (Å²) in [6, 6.07) is -0.536. The third-order valence-electron chi connectivity index (χ3n) is 12.4. The Balaban J connectivity index is 3.44. The van der Waals surface area contributed by atoms with Crippen LogP contribution in [0.4, 0.5) is 0 Å². The smallest absolute Gasteiger partial charge is 0.220 e. The molecule has 0 bridgehead atoms. The average Bonchev–Trinajstić information content (AvgIpc) is 3.30. The van der Waals surface area contributed by atoms with Gasteiger partial charge < -0.3 is 15.5 Å². The molecule has 370 valence electrons. The molecule has 64 heavy (non-hydrogen) atoms.